The number of hydrogen-bond donors (Lipinski definition) is 2. The van der Waals surface area contributed by atoms with Gasteiger partial charge in [0.05, 0.1) is 16.5 Å². The summed E-state index contributed by atoms with van der Waals surface area (Å²) in [6.45, 7) is 0.517. The molecule has 0 atom stereocenters. The number of hydrogen-bond acceptors (Lipinski definition) is 2. The van der Waals surface area contributed by atoms with Crippen molar-refractivity contribution in [2.45, 2.75) is 44.2 Å². The lowest BCUT2D eigenvalue weighted by Gasteiger charge is -2.71. The molecule has 9 rings (SSSR count). The van der Waals surface area contributed by atoms with E-state index in [-0.39, 0.29) is 28.5 Å². The summed E-state index contributed by atoms with van der Waals surface area (Å²) in [4.78, 5) is 25.9. The summed E-state index contributed by atoms with van der Waals surface area (Å²) in [7, 11) is 0. The first-order chi connectivity index (χ1) is 21.2. The van der Waals surface area contributed by atoms with Gasteiger partial charge in [-0.05, 0) is 96.2 Å². The highest BCUT2D eigenvalue weighted by Crippen LogP contribution is 2.81. The second kappa shape index (κ2) is 9.36. The van der Waals surface area contributed by atoms with Gasteiger partial charge in [0.15, 0.2) is 0 Å². The maximum absolute atomic E-state index is 14.9. The maximum Gasteiger partial charge on any atom is 0.309 e. The van der Waals surface area contributed by atoms with Crippen LogP contribution in [0.3, 0.4) is 0 Å². The minimum Gasteiger partial charge on any atom is -0.481 e. The van der Waals surface area contributed by atoms with Gasteiger partial charge in [-0.15, -0.1) is 0 Å². The molecule has 4 fully saturated rings. The van der Waals surface area contributed by atoms with E-state index in [2.05, 4.69) is 5.32 Å². The Balaban J connectivity index is 1.14. The molecule has 44 heavy (non-hydrogen) atoms. The normalized spacial score (nSPS) is 22.6. The van der Waals surface area contributed by atoms with E-state index >= 15 is 0 Å². The molecule has 4 aliphatic rings. The van der Waals surface area contributed by atoms with Gasteiger partial charge in [-0.1, -0.05) is 54.6 Å². The Bertz CT molecular complexity index is 1950. The van der Waals surface area contributed by atoms with Crippen molar-refractivity contribution in [1.29, 1.82) is 0 Å². The van der Waals surface area contributed by atoms with Crippen molar-refractivity contribution in [3.63, 3.8) is 0 Å². The molecule has 220 valence electrons. The molecule has 4 aromatic carbocycles. The Kier molecular flexibility index (Phi) is 5.70. The van der Waals surface area contributed by atoms with Crippen molar-refractivity contribution < 1.29 is 23.5 Å². The number of aromatic nitrogens is 1. The molecule has 1 amide bonds. The average molecular weight is 589 g/mol. The predicted molar refractivity (Wildman–Crippen MR) is 164 cm³/mol. The molecule has 0 aliphatic heterocycles. The van der Waals surface area contributed by atoms with E-state index in [1.165, 1.54) is 18.2 Å². The van der Waals surface area contributed by atoms with Crippen LogP contribution in [0, 0.1) is 22.5 Å². The van der Waals surface area contributed by atoms with Crippen LogP contribution in [0.2, 0.25) is 0 Å². The van der Waals surface area contributed by atoms with E-state index in [9.17, 15) is 23.5 Å². The lowest BCUT2D eigenvalue weighted by atomic mass is 9.32. The summed E-state index contributed by atoms with van der Waals surface area (Å²) in [6.07, 6.45) is 5.48. The van der Waals surface area contributed by atoms with E-state index in [1.807, 2.05) is 47.2 Å². The number of rotatable bonds is 8. The standard InChI is InChI=1S/C37H30F2N2O3/c38-28-11-9-25(10-12-28)24-7-5-23(6-8-24)19-41-16-13-26-17-27(29-3-1-2-4-31(29)39)18-30(32(26)41)33(42)40-37(14-15-37)36-20-35(21-36,22-36)34(43)44/h1-13,16-18H,14-15,19-22H2,(H,40,42)(H,43,44). The Labute approximate surface area is 253 Å². The van der Waals surface area contributed by atoms with Crippen LogP contribution in [-0.4, -0.2) is 27.1 Å². The fourth-order valence-corrected chi connectivity index (χ4v) is 7.87. The molecule has 2 N–H and O–H groups in total. The topological polar surface area (TPSA) is 71.3 Å². The number of aliphatic carboxylic acids is 1. The molecule has 0 saturated heterocycles. The third-order valence-electron chi connectivity index (χ3n) is 10.4. The molecule has 4 saturated carbocycles. The monoisotopic (exact) mass is 588 g/mol. The first-order valence-electron chi connectivity index (χ1n) is 15.0. The molecular weight excluding hydrogens is 558 g/mol. The summed E-state index contributed by atoms with van der Waals surface area (Å²) in [5.74, 6) is -1.58. The second-order valence-electron chi connectivity index (χ2n) is 13.0. The smallest absolute Gasteiger partial charge is 0.309 e. The van der Waals surface area contributed by atoms with Gasteiger partial charge in [0.1, 0.15) is 11.6 Å². The molecule has 1 aromatic heterocycles. The number of nitrogens with zero attached hydrogens (tertiary/aromatic N) is 1. The van der Waals surface area contributed by atoms with E-state index in [1.54, 1.807) is 36.4 Å². The van der Waals surface area contributed by atoms with Crippen molar-refractivity contribution in [3.05, 3.63) is 120 Å². The first kappa shape index (κ1) is 26.8. The fourth-order valence-electron chi connectivity index (χ4n) is 7.87. The molecule has 5 nitrogen and oxygen atoms in total. The van der Waals surface area contributed by atoms with Crippen molar-refractivity contribution in [2.75, 3.05) is 0 Å². The van der Waals surface area contributed by atoms with Crippen LogP contribution < -0.4 is 5.32 Å². The zero-order valence-corrected chi connectivity index (χ0v) is 23.9. The number of nitrogens with one attached hydrogen (secondary N) is 1. The summed E-state index contributed by atoms with van der Waals surface area (Å²) >= 11 is 0. The van der Waals surface area contributed by atoms with Crippen molar-refractivity contribution in [1.82, 2.24) is 9.88 Å². The summed E-state index contributed by atoms with van der Waals surface area (Å²) < 4.78 is 30.3. The van der Waals surface area contributed by atoms with Gasteiger partial charge in [-0.2, -0.15) is 0 Å². The van der Waals surface area contributed by atoms with Gasteiger partial charge in [-0.3, -0.25) is 9.59 Å². The van der Waals surface area contributed by atoms with Crippen molar-refractivity contribution >= 4 is 22.8 Å². The highest BCUT2D eigenvalue weighted by Gasteiger charge is 2.81. The molecule has 7 heteroatoms. The molecule has 0 radical (unpaired) electrons. The SMILES string of the molecule is O=C(NC1(C23CC(C(=O)O)(C2)C3)CC1)c1cc(-c2ccccc2F)cc2ccn(Cc3ccc(-c4ccc(F)cc4)cc3)c12. The van der Waals surface area contributed by atoms with Gasteiger partial charge >= 0.3 is 5.97 Å². The van der Waals surface area contributed by atoms with Gasteiger partial charge in [0.25, 0.3) is 5.91 Å². The third kappa shape index (κ3) is 4.02. The summed E-state index contributed by atoms with van der Waals surface area (Å²) in [6, 6.07) is 26.7. The third-order valence-corrected chi connectivity index (χ3v) is 10.4. The minimum atomic E-state index is -0.732. The quantitative estimate of drug-likeness (QED) is 0.194. The largest absolute Gasteiger partial charge is 0.481 e. The number of carbonyl (C=O) groups excluding carboxylic acids is 1. The number of fused-ring (bicyclic) bond motifs is 1. The van der Waals surface area contributed by atoms with E-state index in [0.29, 0.717) is 42.5 Å². The minimum absolute atomic E-state index is 0.141. The zero-order chi connectivity index (χ0) is 30.3. The molecule has 4 aliphatic carbocycles. The molecular formula is C37H30F2N2O3. The van der Waals surface area contributed by atoms with Gasteiger partial charge in [-0.25, -0.2) is 8.78 Å². The fraction of sp³-hybridized carbons (Fsp3) is 0.243. The Hall–Kier alpha value is -4.78. The average Bonchev–Trinajstić information content (AvgIpc) is 3.62. The van der Waals surface area contributed by atoms with Crippen LogP contribution in [0.4, 0.5) is 8.78 Å². The van der Waals surface area contributed by atoms with Crippen LogP contribution in [0.5, 0.6) is 0 Å². The first-order valence-corrected chi connectivity index (χ1v) is 15.0. The van der Waals surface area contributed by atoms with Gasteiger partial charge in [0, 0.05) is 29.2 Å². The summed E-state index contributed by atoms with van der Waals surface area (Å²) in [5.41, 5.74) is 4.10. The molecule has 5 aromatic rings. The number of halogens is 2. The Morgan fingerprint density at radius 2 is 1.48 bits per heavy atom. The second-order valence-corrected chi connectivity index (χ2v) is 13.0. The molecule has 2 bridgehead atoms. The Morgan fingerprint density at radius 3 is 2.11 bits per heavy atom. The van der Waals surface area contributed by atoms with Crippen molar-refractivity contribution in [2.24, 2.45) is 10.8 Å². The summed E-state index contributed by atoms with van der Waals surface area (Å²) in [5, 5.41) is 13.8. The van der Waals surface area contributed by atoms with E-state index in [4.69, 9.17) is 0 Å². The van der Waals surface area contributed by atoms with Gasteiger partial charge < -0.3 is 15.0 Å². The molecule has 1 heterocycles. The molecule has 0 unspecified atom stereocenters. The lowest BCUT2D eigenvalue weighted by Crippen LogP contribution is -2.73. The van der Waals surface area contributed by atoms with E-state index in [0.717, 1.165) is 40.4 Å². The lowest BCUT2D eigenvalue weighted by molar-refractivity contribution is -0.236. The highest BCUT2D eigenvalue weighted by atomic mass is 19.1. The van der Waals surface area contributed by atoms with Crippen LogP contribution in [-0.2, 0) is 11.3 Å². The van der Waals surface area contributed by atoms with Crippen LogP contribution in [0.25, 0.3) is 33.2 Å². The highest BCUT2D eigenvalue weighted by molar-refractivity contribution is 6.08. The predicted octanol–water partition coefficient (Wildman–Crippen LogP) is 7.82. The number of carboxylic acid groups (broad SMARTS) is 1. The zero-order valence-electron chi connectivity index (χ0n) is 23.9. The number of benzene rings is 4. The number of carbonyl (C=O) groups is 2. The van der Waals surface area contributed by atoms with Gasteiger partial charge in [0.2, 0.25) is 0 Å². The maximum atomic E-state index is 14.9. The van der Waals surface area contributed by atoms with Crippen LogP contribution in [0.15, 0.2) is 97.2 Å². The number of carboxylic acids is 1. The Morgan fingerprint density at radius 1 is 0.818 bits per heavy atom. The van der Waals surface area contributed by atoms with E-state index < -0.39 is 11.4 Å². The van der Waals surface area contributed by atoms with Crippen LogP contribution >= 0.6 is 0 Å². The van der Waals surface area contributed by atoms with Crippen molar-refractivity contribution in [3.8, 4) is 22.3 Å². The number of amides is 1. The molecule has 0 spiro atoms. The van der Waals surface area contributed by atoms with Crippen LogP contribution in [0.1, 0.15) is 48.0 Å².